The SMILES string of the molecule is CCCNC(c1cccs1)c1cc(Br)sc1Br. The van der Waals surface area contributed by atoms with Crippen molar-refractivity contribution in [3.8, 4) is 0 Å². The summed E-state index contributed by atoms with van der Waals surface area (Å²) in [4.78, 5) is 1.37. The van der Waals surface area contributed by atoms with Crippen molar-refractivity contribution in [2.75, 3.05) is 6.54 Å². The normalized spacial score (nSPS) is 12.9. The molecule has 0 aromatic carbocycles. The Balaban J connectivity index is 2.30. The van der Waals surface area contributed by atoms with E-state index in [9.17, 15) is 0 Å². The summed E-state index contributed by atoms with van der Waals surface area (Å²) in [6, 6.07) is 6.79. The van der Waals surface area contributed by atoms with E-state index in [1.165, 1.54) is 18.0 Å². The first kappa shape index (κ1) is 13.7. The van der Waals surface area contributed by atoms with Crippen molar-refractivity contribution >= 4 is 54.5 Å². The zero-order valence-electron chi connectivity index (χ0n) is 9.37. The van der Waals surface area contributed by atoms with E-state index in [1.54, 1.807) is 22.7 Å². The molecule has 0 saturated carbocycles. The van der Waals surface area contributed by atoms with E-state index in [0.29, 0.717) is 6.04 Å². The summed E-state index contributed by atoms with van der Waals surface area (Å²) in [7, 11) is 0. The summed E-state index contributed by atoms with van der Waals surface area (Å²) in [5, 5.41) is 5.74. The molecule has 2 aromatic heterocycles. The zero-order valence-corrected chi connectivity index (χ0v) is 14.2. The maximum atomic E-state index is 3.65. The summed E-state index contributed by atoms with van der Waals surface area (Å²) in [5.41, 5.74) is 1.32. The van der Waals surface area contributed by atoms with Gasteiger partial charge in [-0.3, -0.25) is 0 Å². The van der Waals surface area contributed by atoms with Gasteiger partial charge in [0.25, 0.3) is 0 Å². The molecular weight excluding hydrogens is 382 g/mol. The van der Waals surface area contributed by atoms with Crippen LogP contribution in [0.5, 0.6) is 0 Å². The Kier molecular flexibility index (Phi) is 5.24. The van der Waals surface area contributed by atoms with E-state index in [2.05, 4.69) is 67.7 Å². The zero-order chi connectivity index (χ0) is 12.3. The second-order valence-electron chi connectivity index (χ2n) is 3.68. The lowest BCUT2D eigenvalue weighted by molar-refractivity contribution is 0.606. The van der Waals surface area contributed by atoms with Gasteiger partial charge in [-0.2, -0.15) is 0 Å². The fourth-order valence-corrected chi connectivity index (χ4v) is 5.38. The topological polar surface area (TPSA) is 12.0 Å². The molecular formula is C12H13Br2NS2. The highest BCUT2D eigenvalue weighted by molar-refractivity contribution is 9.12. The highest BCUT2D eigenvalue weighted by Crippen LogP contribution is 2.38. The summed E-state index contributed by atoms with van der Waals surface area (Å²) >= 11 is 10.7. The van der Waals surface area contributed by atoms with Gasteiger partial charge >= 0.3 is 0 Å². The van der Waals surface area contributed by atoms with Crippen LogP contribution in [-0.2, 0) is 0 Å². The molecule has 0 radical (unpaired) electrons. The minimum atomic E-state index is 0.298. The molecule has 0 fully saturated rings. The van der Waals surface area contributed by atoms with E-state index in [0.717, 1.165) is 13.0 Å². The lowest BCUT2D eigenvalue weighted by atomic mass is 10.1. The molecule has 1 N–H and O–H groups in total. The van der Waals surface area contributed by atoms with E-state index in [1.807, 2.05) is 0 Å². The standard InChI is InChI=1S/C12H13Br2NS2/c1-2-5-15-11(9-4-3-6-16-9)8-7-10(13)17-12(8)14/h3-4,6-7,11,15H,2,5H2,1H3. The van der Waals surface area contributed by atoms with E-state index < -0.39 is 0 Å². The van der Waals surface area contributed by atoms with E-state index >= 15 is 0 Å². The molecule has 0 aliphatic heterocycles. The molecule has 0 amide bonds. The Morgan fingerprint density at radius 1 is 1.41 bits per heavy atom. The number of hydrogen-bond donors (Lipinski definition) is 1. The molecule has 0 aliphatic rings. The first-order valence-electron chi connectivity index (χ1n) is 5.44. The van der Waals surface area contributed by atoms with Crippen LogP contribution >= 0.6 is 54.5 Å². The third kappa shape index (κ3) is 3.41. The Labute approximate surface area is 127 Å². The van der Waals surface area contributed by atoms with Crippen LogP contribution in [0.2, 0.25) is 0 Å². The van der Waals surface area contributed by atoms with Gasteiger partial charge in [-0.25, -0.2) is 0 Å². The van der Waals surface area contributed by atoms with Crippen LogP contribution in [-0.4, -0.2) is 6.54 Å². The maximum Gasteiger partial charge on any atom is 0.0762 e. The minimum absolute atomic E-state index is 0.298. The summed E-state index contributed by atoms with van der Waals surface area (Å²) in [6.45, 7) is 3.22. The predicted molar refractivity (Wildman–Crippen MR) is 84.2 cm³/mol. The van der Waals surface area contributed by atoms with Crippen molar-refractivity contribution in [3.63, 3.8) is 0 Å². The van der Waals surface area contributed by atoms with Crippen molar-refractivity contribution in [1.82, 2.24) is 5.32 Å². The van der Waals surface area contributed by atoms with Crippen LogP contribution in [0, 0.1) is 0 Å². The summed E-state index contributed by atoms with van der Waals surface area (Å²) < 4.78 is 2.37. The molecule has 1 unspecified atom stereocenters. The average Bonchev–Trinajstić information content (AvgIpc) is 2.90. The Morgan fingerprint density at radius 2 is 2.24 bits per heavy atom. The first-order chi connectivity index (χ1) is 8.22. The summed E-state index contributed by atoms with van der Waals surface area (Å²) in [6.07, 6.45) is 1.14. The quantitative estimate of drug-likeness (QED) is 0.713. The van der Waals surface area contributed by atoms with E-state index in [4.69, 9.17) is 0 Å². The molecule has 1 atom stereocenters. The molecule has 1 nitrogen and oxygen atoms in total. The Bertz CT molecular complexity index is 465. The Morgan fingerprint density at radius 3 is 2.76 bits per heavy atom. The van der Waals surface area contributed by atoms with Crippen LogP contribution in [0.15, 0.2) is 31.2 Å². The van der Waals surface area contributed by atoms with Crippen molar-refractivity contribution in [2.24, 2.45) is 0 Å². The van der Waals surface area contributed by atoms with Crippen LogP contribution in [0.4, 0.5) is 0 Å². The number of rotatable bonds is 5. The number of halogens is 2. The third-order valence-electron chi connectivity index (χ3n) is 2.42. The molecule has 0 spiro atoms. The molecule has 92 valence electrons. The second-order valence-corrected chi connectivity index (χ2v) is 8.41. The van der Waals surface area contributed by atoms with E-state index in [-0.39, 0.29) is 0 Å². The van der Waals surface area contributed by atoms with Crippen LogP contribution < -0.4 is 5.32 Å². The molecule has 2 rings (SSSR count). The second kappa shape index (κ2) is 6.48. The number of hydrogen-bond acceptors (Lipinski definition) is 3. The number of thiophene rings is 2. The fourth-order valence-electron chi connectivity index (χ4n) is 1.66. The van der Waals surface area contributed by atoms with Crippen LogP contribution in [0.1, 0.15) is 29.8 Å². The van der Waals surface area contributed by atoms with Gasteiger partial charge in [0.05, 0.1) is 13.6 Å². The summed E-state index contributed by atoms with van der Waals surface area (Å²) in [5.74, 6) is 0. The molecule has 2 heterocycles. The molecule has 0 saturated heterocycles. The lowest BCUT2D eigenvalue weighted by Gasteiger charge is -2.16. The molecule has 0 bridgehead atoms. The van der Waals surface area contributed by atoms with Crippen LogP contribution in [0.3, 0.4) is 0 Å². The molecule has 2 aromatic rings. The van der Waals surface area contributed by atoms with Gasteiger partial charge in [0.15, 0.2) is 0 Å². The van der Waals surface area contributed by atoms with Gasteiger partial charge < -0.3 is 5.32 Å². The molecule has 0 aliphatic carbocycles. The highest BCUT2D eigenvalue weighted by Gasteiger charge is 2.19. The monoisotopic (exact) mass is 393 g/mol. The minimum Gasteiger partial charge on any atom is -0.306 e. The van der Waals surface area contributed by atoms with Gasteiger partial charge in [0.1, 0.15) is 0 Å². The first-order valence-corrected chi connectivity index (χ1v) is 8.72. The highest BCUT2D eigenvalue weighted by atomic mass is 79.9. The van der Waals surface area contributed by atoms with Gasteiger partial charge in [-0.05, 0) is 62.3 Å². The molecule has 17 heavy (non-hydrogen) atoms. The van der Waals surface area contributed by atoms with Crippen molar-refractivity contribution in [1.29, 1.82) is 0 Å². The largest absolute Gasteiger partial charge is 0.306 e. The fraction of sp³-hybridized carbons (Fsp3) is 0.333. The van der Waals surface area contributed by atoms with Crippen molar-refractivity contribution < 1.29 is 0 Å². The lowest BCUT2D eigenvalue weighted by Crippen LogP contribution is -2.22. The predicted octanol–water partition coefficient (Wildman–Crippen LogP) is 5.42. The Hall–Kier alpha value is 0.320. The average molecular weight is 395 g/mol. The van der Waals surface area contributed by atoms with Crippen molar-refractivity contribution in [2.45, 2.75) is 19.4 Å². The van der Waals surface area contributed by atoms with Gasteiger partial charge in [0.2, 0.25) is 0 Å². The van der Waals surface area contributed by atoms with Crippen molar-refractivity contribution in [3.05, 3.63) is 41.6 Å². The molecule has 5 heteroatoms. The third-order valence-corrected chi connectivity index (χ3v) is 5.74. The van der Waals surface area contributed by atoms with Gasteiger partial charge in [-0.1, -0.05) is 13.0 Å². The smallest absolute Gasteiger partial charge is 0.0762 e. The van der Waals surface area contributed by atoms with Crippen LogP contribution in [0.25, 0.3) is 0 Å². The maximum absolute atomic E-state index is 3.65. The van der Waals surface area contributed by atoms with Gasteiger partial charge in [-0.15, -0.1) is 22.7 Å². The van der Waals surface area contributed by atoms with Gasteiger partial charge in [0, 0.05) is 10.4 Å². The number of nitrogens with one attached hydrogen (secondary N) is 1.